The minimum atomic E-state index is -0.349. The second-order valence-electron chi connectivity index (χ2n) is 5.47. The molecule has 102 valence electrons. The van der Waals surface area contributed by atoms with Crippen LogP contribution in [0.4, 0.5) is 0 Å². The van der Waals surface area contributed by atoms with Crippen molar-refractivity contribution in [1.29, 1.82) is 0 Å². The highest BCUT2D eigenvalue weighted by Crippen LogP contribution is 2.22. The Kier molecular flexibility index (Phi) is 5.36. The third kappa shape index (κ3) is 3.33. The van der Waals surface area contributed by atoms with Crippen molar-refractivity contribution in [2.45, 2.75) is 52.7 Å². The van der Waals surface area contributed by atoms with Crippen LogP contribution in [0.5, 0.6) is 0 Å². The van der Waals surface area contributed by atoms with Gasteiger partial charge in [0, 0.05) is 12.0 Å². The van der Waals surface area contributed by atoms with Gasteiger partial charge < -0.3 is 5.11 Å². The van der Waals surface area contributed by atoms with Gasteiger partial charge in [0.05, 0.1) is 6.10 Å². The highest BCUT2D eigenvalue weighted by molar-refractivity contribution is 5.26. The fraction of sp³-hybridized carbons (Fsp3) is 0.625. The lowest BCUT2D eigenvalue weighted by Crippen LogP contribution is -2.53. The van der Waals surface area contributed by atoms with E-state index >= 15 is 0 Å². The van der Waals surface area contributed by atoms with Gasteiger partial charge in [0.1, 0.15) is 0 Å². The fourth-order valence-corrected chi connectivity index (χ4v) is 2.55. The van der Waals surface area contributed by atoms with Gasteiger partial charge in [-0.25, -0.2) is 0 Å². The molecule has 0 saturated carbocycles. The summed E-state index contributed by atoms with van der Waals surface area (Å²) in [6.07, 6.45) is 0.370. The molecule has 0 amide bonds. The van der Waals surface area contributed by atoms with E-state index < -0.39 is 0 Å². The van der Waals surface area contributed by atoms with Crippen molar-refractivity contribution in [2.75, 3.05) is 13.1 Å². The number of nitrogens with zero attached hydrogens (tertiary/aromatic N) is 1. The topological polar surface area (TPSA) is 23.5 Å². The minimum absolute atomic E-state index is 0.189. The van der Waals surface area contributed by atoms with Crippen LogP contribution in [0, 0.1) is 6.92 Å². The average molecular weight is 249 g/mol. The normalized spacial score (nSPS) is 13.9. The van der Waals surface area contributed by atoms with Crippen LogP contribution in [0.2, 0.25) is 0 Å². The van der Waals surface area contributed by atoms with Gasteiger partial charge in [-0.2, -0.15) is 0 Å². The van der Waals surface area contributed by atoms with Gasteiger partial charge in [-0.1, -0.05) is 38.1 Å². The first-order valence-electron chi connectivity index (χ1n) is 6.91. The molecular weight excluding hydrogens is 222 g/mol. The Bertz CT molecular complexity index is 369. The first-order valence-corrected chi connectivity index (χ1v) is 6.91. The molecule has 2 nitrogen and oxygen atoms in total. The average Bonchev–Trinajstić information content (AvgIpc) is 2.33. The van der Waals surface area contributed by atoms with Gasteiger partial charge in [-0.3, -0.25) is 4.90 Å². The predicted molar refractivity (Wildman–Crippen MR) is 77.9 cm³/mol. The molecule has 0 saturated heterocycles. The van der Waals surface area contributed by atoms with Gasteiger partial charge in [0.2, 0.25) is 0 Å². The molecule has 1 aromatic rings. The quantitative estimate of drug-likeness (QED) is 0.837. The molecule has 0 aromatic heterocycles. The first kappa shape index (κ1) is 15.2. The number of aryl methyl sites for hydroxylation is 1. The van der Waals surface area contributed by atoms with Crippen LogP contribution in [0.15, 0.2) is 24.3 Å². The Hall–Kier alpha value is -0.860. The van der Waals surface area contributed by atoms with Crippen molar-refractivity contribution in [3.63, 3.8) is 0 Å². The Morgan fingerprint density at radius 2 is 1.72 bits per heavy atom. The molecule has 1 N–H and O–H groups in total. The molecule has 0 heterocycles. The molecule has 1 aromatic carbocycles. The molecule has 2 heteroatoms. The fourth-order valence-electron chi connectivity index (χ4n) is 2.55. The summed E-state index contributed by atoms with van der Waals surface area (Å²) in [5.41, 5.74) is 2.31. The summed E-state index contributed by atoms with van der Waals surface area (Å²) in [6.45, 7) is 12.6. The second-order valence-corrected chi connectivity index (χ2v) is 5.47. The van der Waals surface area contributed by atoms with Gasteiger partial charge >= 0.3 is 0 Å². The Morgan fingerprint density at radius 3 is 2.22 bits per heavy atom. The number of rotatable bonds is 6. The van der Waals surface area contributed by atoms with E-state index in [2.05, 4.69) is 51.7 Å². The second kappa shape index (κ2) is 6.35. The molecule has 1 atom stereocenters. The highest BCUT2D eigenvalue weighted by Gasteiger charge is 2.32. The molecule has 0 bridgehead atoms. The standard InChI is InChI=1S/C16H27NO/c1-6-17(7-2)16(4,5)15(18)12-14-11-9-8-10-13(14)3/h8-11,15,18H,6-7,12H2,1-5H3. The van der Waals surface area contributed by atoms with Crippen molar-refractivity contribution >= 4 is 0 Å². The molecule has 0 fully saturated rings. The maximum atomic E-state index is 10.5. The van der Waals surface area contributed by atoms with Crippen LogP contribution in [-0.2, 0) is 6.42 Å². The Balaban J connectivity index is 2.81. The van der Waals surface area contributed by atoms with Crippen LogP contribution in [-0.4, -0.2) is 34.7 Å². The first-order chi connectivity index (χ1) is 8.43. The number of aliphatic hydroxyl groups excluding tert-OH is 1. The Labute approximate surface area is 112 Å². The molecule has 18 heavy (non-hydrogen) atoms. The maximum absolute atomic E-state index is 10.5. The summed E-state index contributed by atoms with van der Waals surface area (Å²) >= 11 is 0. The molecular formula is C16H27NO. The van der Waals surface area contributed by atoms with Gasteiger partial charge in [0.25, 0.3) is 0 Å². The number of aliphatic hydroxyl groups is 1. The Morgan fingerprint density at radius 1 is 1.17 bits per heavy atom. The number of likely N-dealkylation sites (N-methyl/N-ethyl adjacent to an activating group) is 1. The van der Waals surface area contributed by atoms with Gasteiger partial charge in [-0.15, -0.1) is 0 Å². The minimum Gasteiger partial charge on any atom is -0.391 e. The van der Waals surface area contributed by atoms with E-state index in [4.69, 9.17) is 0 Å². The summed E-state index contributed by atoms with van der Waals surface area (Å²) in [6, 6.07) is 8.30. The molecule has 0 aliphatic heterocycles. The molecule has 1 rings (SSSR count). The zero-order chi connectivity index (χ0) is 13.8. The third-order valence-electron chi connectivity index (χ3n) is 4.07. The maximum Gasteiger partial charge on any atom is 0.0758 e. The van der Waals surface area contributed by atoms with E-state index in [1.54, 1.807) is 0 Å². The van der Waals surface area contributed by atoms with E-state index in [-0.39, 0.29) is 11.6 Å². The molecule has 0 radical (unpaired) electrons. The molecule has 0 spiro atoms. The van der Waals surface area contributed by atoms with Gasteiger partial charge in [-0.05, 0) is 45.0 Å². The SMILES string of the molecule is CCN(CC)C(C)(C)C(O)Cc1ccccc1C. The zero-order valence-electron chi connectivity index (χ0n) is 12.4. The van der Waals surface area contributed by atoms with Crippen LogP contribution in [0.25, 0.3) is 0 Å². The summed E-state index contributed by atoms with van der Waals surface area (Å²) in [5.74, 6) is 0. The van der Waals surface area contributed by atoms with Crippen molar-refractivity contribution < 1.29 is 5.11 Å². The predicted octanol–water partition coefficient (Wildman–Crippen LogP) is 3.02. The number of hydrogen-bond acceptors (Lipinski definition) is 2. The van der Waals surface area contributed by atoms with Gasteiger partial charge in [0.15, 0.2) is 0 Å². The van der Waals surface area contributed by atoms with E-state index in [1.165, 1.54) is 11.1 Å². The largest absolute Gasteiger partial charge is 0.391 e. The molecule has 0 aliphatic rings. The highest BCUT2D eigenvalue weighted by atomic mass is 16.3. The summed E-state index contributed by atoms with van der Waals surface area (Å²) < 4.78 is 0. The zero-order valence-corrected chi connectivity index (χ0v) is 12.4. The van der Waals surface area contributed by atoms with Crippen LogP contribution < -0.4 is 0 Å². The monoisotopic (exact) mass is 249 g/mol. The van der Waals surface area contributed by atoms with E-state index in [0.29, 0.717) is 0 Å². The van der Waals surface area contributed by atoms with E-state index in [0.717, 1.165) is 19.5 Å². The third-order valence-corrected chi connectivity index (χ3v) is 4.07. The van der Waals surface area contributed by atoms with Crippen molar-refractivity contribution in [3.8, 4) is 0 Å². The van der Waals surface area contributed by atoms with Crippen LogP contribution in [0.3, 0.4) is 0 Å². The lowest BCUT2D eigenvalue weighted by molar-refractivity contribution is -0.00422. The smallest absolute Gasteiger partial charge is 0.0758 e. The van der Waals surface area contributed by atoms with Crippen molar-refractivity contribution in [2.24, 2.45) is 0 Å². The summed E-state index contributed by atoms with van der Waals surface area (Å²) in [7, 11) is 0. The van der Waals surface area contributed by atoms with Crippen molar-refractivity contribution in [3.05, 3.63) is 35.4 Å². The lowest BCUT2D eigenvalue weighted by atomic mass is 9.88. The molecule has 1 unspecified atom stereocenters. The number of hydrogen-bond donors (Lipinski definition) is 1. The summed E-state index contributed by atoms with van der Waals surface area (Å²) in [4.78, 5) is 2.32. The van der Waals surface area contributed by atoms with E-state index in [1.807, 2.05) is 12.1 Å². The summed E-state index contributed by atoms with van der Waals surface area (Å²) in [5, 5.41) is 10.5. The van der Waals surface area contributed by atoms with Crippen LogP contribution in [0.1, 0.15) is 38.8 Å². The van der Waals surface area contributed by atoms with Crippen molar-refractivity contribution in [1.82, 2.24) is 4.90 Å². The lowest BCUT2D eigenvalue weighted by Gasteiger charge is -2.41. The molecule has 0 aliphatic carbocycles. The van der Waals surface area contributed by atoms with Crippen LogP contribution >= 0.6 is 0 Å². The number of benzene rings is 1. The van der Waals surface area contributed by atoms with E-state index in [9.17, 15) is 5.11 Å².